The van der Waals surface area contributed by atoms with Gasteiger partial charge in [0.25, 0.3) is 5.91 Å². The second-order valence-electron chi connectivity index (χ2n) is 4.90. The van der Waals surface area contributed by atoms with Gasteiger partial charge in [0.2, 0.25) is 0 Å². The molecule has 1 fully saturated rings. The topological polar surface area (TPSA) is 71.8 Å². The molecule has 1 amide bonds. The minimum atomic E-state index is -0.386. The van der Waals surface area contributed by atoms with E-state index >= 15 is 0 Å². The molecule has 1 aromatic carbocycles. The van der Waals surface area contributed by atoms with Crippen LogP contribution < -0.4 is 10.6 Å². The third-order valence-corrected chi connectivity index (χ3v) is 4.20. The van der Waals surface area contributed by atoms with Crippen LogP contribution in [0.2, 0.25) is 10.0 Å². The van der Waals surface area contributed by atoms with Gasteiger partial charge in [-0.15, -0.1) is 5.10 Å². The third-order valence-electron chi connectivity index (χ3n) is 3.40. The van der Waals surface area contributed by atoms with E-state index in [1.165, 1.54) is 0 Å². The molecule has 3 rings (SSSR count). The van der Waals surface area contributed by atoms with Crippen molar-refractivity contribution in [1.82, 2.24) is 20.3 Å². The highest BCUT2D eigenvalue weighted by molar-refractivity contribution is 6.40. The van der Waals surface area contributed by atoms with Gasteiger partial charge in [-0.25, -0.2) is 4.68 Å². The summed E-state index contributed by atoms with van der Waals surface area (Å²) in [5.41, 5.74) is 1.46. The molecule has 0 unspecified atom stereocenters. The summed E-state index contributed by atoms with van der Waals surface area (Å²) in [6.45, 7) is 3.51. The van der Waals surface area contributed by atoms with Crippen LogP contribution in [-0.4, -0.2) is 34.0 Å². The molecule has 0 spiro atoms. The first-order chi connectivity index (χ1) is 10.1. The van der Waals surface area contributed by atoms with Gasteiger partial charge in [0.05, 0.1) is 28.0 Å². The number of carbonyl (C=O) groups is 1. The van der Waals surface area contributed by atoms with Crippen molar-refractivity contribution in [1.29, 1.82) is 0 Å². The molecule has 1 aliphatic rings. The van der Waals surface area contributed by atoms with Gasteiger partial charge < -0.3 is 10.6 Å². The van der Waals surface area contributed by atoms with Gasteiger partial charge >= 0.3 is 0 Å². The average molecular weight is 326 g/mol. The molecule has 21 heavy (non-hydrogen) atoms. The van der Waals surface area contributed by atoms with E-state index < -0.39 is 0 Å². The highest BCUT2D eigenvalue weighted by atomic mass is 35.5. The third kappa shape index (κ3) is 2.74. The number of amides is 1. The summed E-state index contributed by atoms with van der Waals surface area (Å²) in [7, 11) is 0. The van der Waals surface area contributed by atoms with E-state index in [0.717, 1.165) is 18.7 Å². The highest BCUT2D eigenvalue weighted by Crippen LogP contribution is 2.33. The Balaban J connectivity index is 1.80. The van der Waals surface area contributed by atoms with Crippen LogP contribution in [0.15, 0.2) is 18.3 Å². The van der Waals surface area contributed by atoms with Gasteiger partial charge in [-0.05, 0) is 18.6 Å². The Morgan fingerprint density at radius 3 is 2.86 bits per heavy atom. The molecule has 0 bridgehead atoms. The Kier molecular flexibility index (Phi) is 3.84. The zero-order valence-electron chi connectivity index (χ0n) is 11.2. The zero-order valence-corrected chi connectivity index (χ0v) is 12.7. The van der Waals surface area contributed by atoms with Crippen molar-refractivity contribution in [2.24, 2.45) is 0 Å². The maximum atomic E-state index is 12.2. The molecule has 1 aliphatic heterocycles. The van der Waals surface area contributed by atoms with Crippen molar-refractivity contribution in [3.63, 3.8) is 0 Å². The van der Waals surface area contributed by atoms with Crippen molar-refractivity contribution >= 4 is 34.8 Å². The van der Waals surface area contributed by atoms with Crippen molar-refractivity contribution in [2.75, 3.05) is 18.4 Å². The number of benzene rings is 1. The quantitative estimate of drug-likeness (QED) is 0.908. The number of nitrogens with one attached hydrogen (secondary N) is 2. The van der Waals surface area contributed by atoms with Gasteiger partial charge in [0.15, 0.2) is 5.69 Å². The number of carbonyl (C=O) groups excluding carboxylic acids is 1. The summed E-state index contributed by atoms with van der Waals surface area (Å²) in [6, 6.07) is 3.74. The molecule has 110 valence electrons. The molecule has 1 saturated heterocycles. The first-order valence-electron chi connectivity index (χ1n) is 6.45. The number of rotatable bonds is 3. The van der Waals surface area contributed by atoms with Crippen LogP contribution in [0.1, 0.15) is 22.1 Å². The normalized spacial score (nSPS) is 14.8. The van der Waals surface area contributed by atoms with E-state index in [0.29, 0.717) is 15.7 Å². The largest absolute Gasteiger partial charge is 0.318 e. The summed E-state index contributed by atoms with van der Waals surface area (Å²) in [5, 5.41) is 14.5. The fourth-order valence-electron chi connectivity index (χ4n) is 1.97. The maximum absolute atomic E-state index is 12.2. The first-order valence-corrected chi connectivity index (χ1v) is 7.20. The molecule has 2 N–H and O–H groups in total. The van der Waals surface area contributed by atoms with Crippen molar-refractivity contribution in [3.8, 4) is 0 Å². The number of halogens is 2. The minimum absolute atomic E-state index is 0.232. The summed E-state index contributed by atoms with van der Waals surface area (Å²) in [4.78, 5) is 12.2. The number of aryl methyl sites for hydroxylation is 1. The second kappa shape index (κ2) is 5.63. The van der Waals surface area contributed by atoms with Crippen LogP contribution in [-0.2, 0) is 0 Å². The van der Waals surface area contributed by atoms with Gasteiger partial charge in [-0.1, -0.05) is 34.5 Å². The average Bonchev–Trinajstić information content (AvgIpc) is 2.86. The Morgan fingerprint density at radius 2 is 2.19 bits per heavy atom. The van der Waals surface area contributed by atoms with Crippen LogP contribution in [0.5, 0.6) is 0 Å². The summed E-state index contributed by atoms with van der Waals surface area (Å²) < 4.78 is 1.69. The molecular formula is C13H13Cl2N5O. The van der Waals surface area contributed by atoms with Crippen molar-refractivity contribution in [3.05, 3.63) is 39.6 Å². The van der Waals surface area contributed by atoms with Gasteiger partial charge in [0.1, 0.15) is 0 Å². The smallest absolute Gasteiger partial charge is 0.277 e. The van der Waals surface area contributed by atoms with Gasteiger partial charge in [0, 0.05) is 13.1 Å². The van der Waals surface area contributed by atoms with Crippen molar-refractivity contribution < 1.29 is 4.79 Å². The fraction of sp³-hybridized carbons (Fsp3) is 0.308. The molecule has 2 heterocycles. The first kappa shape index (κ1) is 14.3. The Hall–Kier alpha value is -1.63. The molecule has 0 atom stereocenters. The number of hydrogen-bond acceptors (Lipinski definition) is 4. The molecule has 0 saturated carbocycles. The Morgan fingerprint density at radius 1 is 1.43 bits per heavy atom. The predicted molar refractivity (Wildman–Crippen MR) is 81.1 cm³/mol. The highest BCUT2D eigenvalue weighted by Gasteiger charge is 2.22. The lowest BCUT2D eigenvalue weighted by Crippen LogP contribution is -2.43. The lowest BCUT2D eigenvalue weighted by molar-refractivity contribution is 0.102. The summed E-state index contributed by atoms with van der Waals surface area (Å²) in [6.07, 6.45) is 1.62. The van der Waals surface area contributed by atoms with Gasteiger partial charge in [-0.3, -0.25) is 4.79 Å². The number of anilines is 1. The molecule has 0 aliphatic carbocycles. The lowest BCUT2D eigenvalue weighted by atomic mass is 10.2. The monoisotopic (exact) mass is 325 g/mol. The van der Waals surface area contributed by atoms with E-state index in [9.17, 15) is 4.79 Å². The van der Waals surface area contributed by atoms with E-state index in [1.54, 1.807) is 23.0 Å². The van der Waals surface area contributed by atoms with E-state index in [2.05, 4.69) is 20.9 Å². The summed E-state index contributed by atoms with van der Waals surface area (Å²) in [5.74, 6) is -0.386. The number of aromatic nitrogens is 3. The molecule has 2 aromatic rings. The SMILES string of the molecule is Cc1ccc(Cl)c(NC(=O)c2cn(C3CNC3)nn2)c1Cl. The van der Waals surface area contributed by atoms with Gasteiger partial charge in [-0.2, -0.15) is 0 Å². The predicted octanol–water partition coefficient (Wildman–Crippen LogP) is 2.29. The van der Waals surface area contributed by atoms with E-state index in [4.69, 9.17) is 23.2 Å². The van der Waals surface area contributed by atoms with Crippen LogP contribution in [0.3, 0.4) is 0 Å². The van der Waals surface area contributed by atoms with E-state index in [1.807, 2.05) is 6.92 Å². The fourth-order valence-corrected chi connectivity index (χ4v) is 2.43. The molecule has 6 nitrogen and oxygen atoms in total. The van der Waals surface area contributed by atoms with Crippen LogP contribution in [0, 0.1) is 6.92 Å². The summed E-state index contributed by atoms with van der Waals surface area (Å²) >= 11 is 12.2. The van der Waals surface area contributed by atoms with Crippen molar-refractivity contribution in [2.45, 2.75) is 13.0 Å². The Bertz CT molecular complexity index is 696. The zero-order chi connectivity index (χ0) is 15.0. The Labute approximate surface area is 131 Å². The minimum Gasteiger partial charge on any atom is -0.318 e. The second-order valence-corrected chi connectivity index (χ2v) is 5.69. The number of nitrogens with zero attached hydrogens (tertiary/aromatic N) is 3. The molecule has 8 heteroatoms. The van der Waals surface area contributed by atoms with E-state index in [-0.39, 0.29) is 17.6 Å². The molecule has 0 radical (unpaired) electrons. The number of hydrogen-bond donors (Lipinski definition) is 2. The van der Waals surface area contributed by atoms with Crippen LogP contribution in [0.4, 0.5) is 5.69 Å². The standard InChI is InChI=1S/C13H13Cl2N5O/c1-7-2-3-9(14)12(11(7)15)17-13(21)10-6-20(19-18-10)8-4-16-5-8/h2-3,6,8,16H,4-5H2,1H3,(H,17,21). The lowest BCUT2D eigenvalue weighted by Gasteiger charge is -2.26. The molecular weight excluding hydrogens is 313 g/mol. The van der Waals surface area contributed by atoms with Crippen LogP contribution in [0.25, 0.3) is 0 Å². The maximum Gasteiger partial charge on any atom is 0.277 e. The molecule has 1 aromatic heterocycles. The van der Waals surface area contributed by atoms with Crippen LogP contribution >= 0.6 is 23.2 Å².